The Labute approximate surface area is 51.9 Å². The highest BCUT2D eigenvalue weighted by molar-refractivity contribution is 5.95. The molecule has 3 heteroatoms. The van der Waals surface area contributed by atoms with Crippen molar-refractivity contribution < 1.29 is 15.0 Å². The molecule has 0 aromatic heterocycles. The summed E-state index contributed by atoms with van der Waals surface area (Å²) in [6, 6.07) is 0. The maximum absolute atomic E-state index is 10.5. The van der Waals surface area contributed by atoms with E-state index in [1.165, 1.54) is 12.2 Å². The van der Waals surface area contributed by atoms with Gasteiger partial charge in [-0.15, -0.1) is 0 Å². The highest BCUT2D eigenvalue weighted by Gasteiger charge is 2.12. The molecule has 9 heavy (non-hydrogen) atoms. The molecule has 0 bridgehead atoms. The van der Waals surface area contributed by atoms with Crippen molar-refractivity contribution in [2.24, 2.45) is 0 Å². The summed E-state index contributed by atoms with van der Waals surface area (Å²) in [5.74, 6) is -0.722. The van der Waals surface area contributed by atoms with Gasteiger partial charge >= 0.3 is 0 Å². The van der Waals surface area contributed by atoms with Crippen LogP contribution in [0.25, 0.3) is 0 Å². The second-order valence-corrected chi connectivity index (χ2v) is 1.81. The molecule has 1 aliphatic rings. The Kier molecular flexibility index (Phi) is 1.26. The van der Waals surface area contributed by atoms with E-state index in [0.717, 1.165) is 0 Å². The number of carbonyl (C=O) groups is 1. The minimum atomic E-state index is -0.435. The van der Waals surface area contributed by atoms with E-state index in [4.69, 9.17) is 10.2 Å². The first-order valence-corrected chi connectivity index (χ1v) is 2.52. The predicted octanol–water partition coefficient (Wildman–Crippen LogP) is 0.843. The number of Topliss-reactive ketones (excluding diaryl/α,β-unsaturated/α-hetero) is 1. The van der Waals surface area contributed by atoms with E-state index in [2.05, 4.69) is 0 Å². The Bertz CT molecular complexity index is 200. The Balaban J connectivity index is 2.86. The van der Waals surface area contributed by atoms with Gasteiger partial charge in [0.15, 0.2) is 5.76 Å². The third-order valence-electron chi connectivity index (χ3n) is 1.06. The first-order chi connectivity index (χ1) is 4.20. The van der Waals surface area contributed by atoms with Gasteiger partial charge in [-0.25, -0.2) is 0 Å². The fourth-order valence-corrected chi connectivity index (χ4v) is 0.582. The molecular formula is C6H6O3. The van der Waals surface area contributed by atoms with Crippen molar-refractivity contribution >= 4 is 5.78 Å². The number of aliphatic hydroxyl groups excluding tert-OH is 2. The molecule has 0 amide bonds. The van der Waals surface area contributed by atoms with Crippen LogP contribution in [0.1, 0.15) is 6.42 Å². The molecule has 48 valence electrons. The average Bonchev–Trinajstić information content (AvgIpc) is 1.80. The smallest absolute Gasteiger partial charge is 0.204 e. The quantitative estimate of drug-likeness (QED) is 0.505. The zero-order valence-corrected chi connectivity index (χ0v) is 4.66. The number of rotatable bonds is 0. The second-order valence-electron chi connectivity index (χ2n) is 1.81. The second kappa shape index (κ2) is 1.93. The third-order valence-corrected chi connectivity index (χ3v) is 1.06. The van der Waals surface area contributed by atoms with Crippen LogP contribution in [0, 0.1) is 0 Å². The molecular weight excluding hydrogens is 120 g/mol. The normalized spacial score (nSPS) is 18.9. The van der Waals surface area contributed by atoms with E-state index >= 15 is 0 Å². The lowest BCUT2D eigenvalue weighted by Crippen LogP contribution is -2.06. The molecule has 0 heterocycles. The number of carbonyl (C=O) groups excluding carboxylic acids is 1. The lowest BCUT2D eigenvalue weighted by Gasteiger charge is -2.02. The summed E-state index contributed by atoms with van der Waals surface area (Å²) in [6.07, 6.45) is 2.40. The first kappa shape index (κ1) is 5.88. The minimum Gasteiger partial charge on any atom is -0.512 e. The number of aliphatic hydroxyl groups is 2. The lowest BCUT2D eigenvalue weighted by molar-refractivity contribution is -0.117. The third kappa shape index (κ3) is 1.10. The maximum atomic E-state index is 10.5. The summed E-state index contributed by atoms with van der Waals surface area (Å²) in [6.45, 7) is 0. The Morgan fingerprint density at radius 3 is 2.44 bits per heavy atom. The van der Waals surface area contributed by atoms with Gasteiger partial charge in [-0.1, -0.05) is 0 Å². The number of hydrogen-bond donors (Lipinski definition) is 2. The molecule has 0 aromatic rings. The fourth-order valence-electron chi connectivity index (χ4n) is 0.582. The van der Waals surface area contributed by atoms with E-state index in [1.807, 2.05) is 0 Å². The van der Waals surface area contributed by atoms with Crippen LogP contribution in [0.4, 0.5) is 0 Å². The molecule has 0 atom stereocenters. The van der Waals surface area contributed by atoms with Crippen LogP contribution in [-0.2, 0) is 4.79 Å². The van der Waals surface area contributed by atoms with Crippen molar-refractivity contribution in [1.82, 2.24) is 0 Å². The number of allylic oxidation sites excluding steroid dienone is 4. The number of hydrogen-bond acceptors (Lipinski definition) is 3. The summed E-state index contributed by atoms with van der Waals surface area (Å²) in [5, 5.41) is 17.3. The van der Waals surface area contributed by atoms with Gasteiger partial charge < -0.3 is 10.2 Å². The van der Waals surface area contributed by atoms with Crippen molar-refractivity contribution in [1.29, 1.82) is 0 Å². The van der Waals surface area contributed by atoms with Crippen LogP contribution in [0.2, 0.25) is 0 Å². The van der Waals surface area contributed by atoms with Crippen LogP contribution in [-0.4, -0.2) is 16.0 Å². The lowest BCUT2D eigenvalue weighted by atomic mass is 10.1. The van der Waals surface area contributed by atoms with Gasteiger partial charge in [0.1, 0.15) is 5.76 Å². The van der Waals surface area contributed by atoms with Crippen molar-refractivity contribution in [3.8, 4) is 0 Å². The van der Waals surface area contributed by atoms with Gasteiger partial charge in [0.2, 0.25) is 5.78 Å². The zero-order valence-electron chi connectivity index (χ0n) is 4.66. The van der Waals surface area contributed by atoms with Gasteiger partial charge in [0, 0.05) is 0 Å². The minimum absolute atomic E-state index is 0.00204. The summed E-state index contributed by atoms with van der Waals surface area (Å²) >= 11 is 0. The van der Waals surface area contributed by atoms with Gasteiger partial charge in [-0.2, -0.15) is 0 Å². The van der Waals surface area contributed by atoms with Gasteiger partial charge in [-0.3, -0.25) is 4.79 Å². The molecule has 0 radical (unpaired) electrons. The molecule has 1 rings (SSSR count). The standard InChI is InChI=1S/C6H6O3/c7-4-1-2-5(8)6(9)3-4/h1-2,7-8H,3H2. The van der Waals surface area contributed by atoms with E-state index in [-0.39, 0.29) is 17.9 Å². The van der Waals surface area contributed by atoms with E-state index in [9.17, 15) is 4.79 Å². The fraction of sp³-hybridized carbons (Fsp3) is 0.167. The van der Waals surface area contributed by atoms with E-state index < -0.39 is 5.78 Å². The van der Waals surface area contributed by atoms with Crippen LogP contribution in [0.3, 0.4) is 0 Å². The molecule has 1 aliphatic carbocycles. The van der Waals surface area contributed by atoms with Crippen molar-refractivity contribution in [3.63, 3.8) is 0 Å². The van der Waals surface area contributed by atoms with Gasteiger partial charge in [0.05, 0.1) is 6.42 Å². The SMILES string of the molecule is O=C1CC(O)=CC=C1O. The highest BCUT2D eigenvalue weighted by atomic mass is 16.3. The monoisotopic (exact) mass is 126 g/mol. The van der Waals surface area contributed by atoms with Crippen molar-refractivity contribution in [3.05, 3.63) is 23.7 Å². The van der Waals surface area contributed by atoms with E-state index in [1.54, 1.807) is 0 Å². The molecule has 0 fully saturated rings. The molecule has 3 nitrogen and oxygen atoms in total. The van der Waals surface area contributed by atoms with Crippen LogP contribution in [0.5, 0.6) is 0 Å². The molecule has 0 aliphatic heterocycles. The van der Waals surface area contributed by atoms with Gasteiger partial charge in [0.25, 0.3) is 0 Å². The first-order valence-electron chi connectivity index (χ1n) is 2.52. The van der Waals surface area contributed by atoms with Gasteiger partial charge in [-0.05, 0) is 12.2 Å². The Morgan fingerprint density at radius 1 is 1.33 bits per heavy atom. The highest BCUT2D eigenvalue weighted by Crippen LogP contribution is 2.09. The van der Waals surface area contributed by atoms with E-state index in [0.29, 0.717) is 0 Å². The summed E-state index contributed by atoms with van der Waals surface area (Å²) in [4.78, 5) is 10.5. The van der Waals surface area contributed by atoms with Crippen LogP contribution >= 0.6 is 0 Å². The number of ketones is 1. The summed E-state index contributed by atoms with van der Waals surface area (Å²) in [5.41, 5.74) is 0. The largest absolute Gasteiger partial charge is 0.512 e. The molecule has 0 unspecified atom stereocenters. The Morgan fingerprint density at radius 2 is 2.00 bits per heavy atom. The predicted molar refractivity (Wildman–Crippen MR) is 31.0 cm³/mol. The molecule has 0 saturated carbocycles. The van der Waals surface area contributed by atoms with Crippen molar-refractivity contribution in [2.75, 3.05) is 0 Å². The van der Waals surface area contributed by atoms with Crippen molar-refractivity contribution in [2.45, 2.75) is 6.42 Å². The maximum Gasteiger partial charge on any atom is 0.204 e. The molecule has 0 spiro atoms. The Hall–Kier alpha value is -1.25. The zero-order chi connectivity index (χ0) is 6.85. The topological polar surface area (TPSA) is 57.5 Å². The van der Waals surface area contributed by atoms with Crippen LogP contribution < -0.4 is 0 Å². The molecule has 0 saturated heterocycles. The summed E-state index contributed by atoms with van der Waals surface area (Å²) in [7, 11) is 0. The molecule has 0 aromatic carbocycles. The molecule has 2 N–H and O–H groups in total. The summed E-state index contributed by atoms with van der Waals surface area (Å²) < 4.78 is 0. The van der Waals surface area contributed by atoms with Crippen LogP contribution in [0.15, 0.2) is 23.7 Å². The average molecular weight is 126 g/mol.